The Morgan fingerprint density at radius 1 is 1.17 bits per heavy atom. The number of rotatable bonds is 8. The topological polar surface area (TPSA) is 73.9 Å². The van der Waals surface area contributed by atoms with Crippen LogP contribution in [-0.2, 0) is 14.3 Å². The van der Waals surface area contributed by atoms with Crippen LogP contribution in [0.2, 0.25) is 0 Å². The molecule has 6 nitrogen and oxygen atoms in total. The Bertz CT molecular complexity index is 910. The number of methoxy groups -OCH3 is 1. The van der Waals surface area contributed by atoms with Gasteiger partial charge in [-0.3, -0.25) is 4.79 Å². The van der Waals surface area contributed by atoms with Crippen LogP contribution >= 0.6 is 0 Å². The van der Waals surface area contributed by atoms with E-state index in [1.165, 1.54) is 19.1 Å². The van der Waals surface area contributed by atoms with Gasteiger partial charge in [0.25, 0.3) is 5.91 Å². The lowest BCUT2D eigenvalue weighted by Crippen LogP contribution is -2.29. The molecule has 1 atom stereocenters. The highest BCUT2D eigenvalue weighted by molar-refractivity contribution is 5.96. The summed E-state index contributed by atoms with van der Waals surface area (Å²) in [5.41, 5.74) is 1.47. The Morgan fingerprint density at radius 3 is 2.59 bits per heavy atom. The van der Waals surface area contributed by atoms with Crippen LogP contribution in [0.4, 0.5) is 10.1 Å². The van der Waals surface area contributed by atoms with E-state index in [2.05, 4.69) is 5.32 Å². The fourth-order valence-corrected chi connectivity index (χ4v) is 2.41. The molecule has 0 aliphatic rings. The molecule has 0 bridgehead atoms. The maximum Gasteiger partial charge on any atom is 0.331 e. The Labute approximate surface area is 169 Å². The Kier molecular flexibility index (Phi) is 7.77. The molecular formula is C22H24FNO5. The van der Waals surface area contributed by atoms with E-state index in [1.54, 1.807) is 50.4 Å². The standard InChI is InChI=1S/C22H24FNO5/c1-5-28-20-12-16(7-10-19(20)27-4)8-11-21(25)29-15(3)22(26)24-17-9-6-14(2)18(23)13-17/h6-13,15H,5H2,1-4H3,(H,24,26)/b11-8+/t15-/m0/s1. The van der Waals surface area contributed by atoms with E-state index >= 15 is 0 Å². The van der Waals surface area contributed by atoms with Gasteiger partial charge in [0.15, 0.2) is 17.6 Å². The lowest BCUT2D eigenvalue weighted by atomic mass is 10.2. The molecule has 29 heavy (non-hydrogen) atoms. The quantitative estimate of drug-likeness (QED) is 0.532. The molecule has 2 aromatic carbocycles. The highest BCUT2D eigenvalue weighted by Crippen LogP contribution is 2.28. The smallest absolute Gasteiger partial charge is 0.331 e. The Hall–Kier alpha value is -3.35. The molecule has 1 N–H and O–H groups in total. The van der Waals surface area contributed by atoms with Crippen molar-refractivity contribution in [2.45, 2.75) is 26.9 Å². The second kappa shape index (κ2) is 10.3. The average Bonchev–Trinajstić information content (AvgIpc) is 2.69. The van der Waals surface area contributed by atoms with Crippen LogP contribution in [0.5, 0.6) is 11.5 Å². The predicted octanol–water partition coefficient (Wildman–Crippen LogP) is 4.13. The number of hydrogen-bond donors (Lipinski definition) is 1. The summed E-state index contributed by atoms with van der Waals surface area (Å²) in [5, 5.41) is 2.51. The normalized spacial score (nSPS) is 11.8. The van der Waals surface area contributed by atoms with E-state index in [0.29, 0.717) is 34.9 Å². The number of nitrogens with one attached hydrogen (secondary N) is 1. The highest BCUT2D eigenvalue weighted by Gasteiger charge is 2.17. The number of carbonyl (C=O) groups is 2. The fourth-order valence-electron chi connectivity index (χ4n) is 2.41. The minimum Gasteiger partial charge on any atom is -0.493 e. The monoisotopic (exact) mass is 401 g/mol. The molecule has 0 heterocycles. The third-order valence-corrected chi connectivity index (χ3v) is 4.00. The van der Waals surface area contributed by atoms with Crippen molar-refractivity contribution in [3.63, 3.8) is 0 Å². The molecule has 154 valence electrons. The Morgan fingerprint density at radius 2 is 1.93 bits per heavy atom. The van der Waals surface area contributed by atoms with Crippen molar-refractivity contribution in [3.8, 4) is 11.5 Å². The number of esters is 1. The first-order valence-electron chi connectivity index (χ1n) is 9.10. The molecule has 2 rings (SSSR count). The second-order valence-corrected chi connectivity index (χ2v) is 6.21. The summed E-state index contributed by atoms with van der Waals surface area (Å²) >= 11 is 0. The van der Waals surface area contributed by atoms with E-state index in [9.17, 15) is 14.0 Å². The average molecular weight is 401 g/mol. The summed E-state index contributed by atoms with van der Waals surface area (Å²) in [5.74, 6) is -0.524. The number of aryl methyl sites for hydroxylation is 1. The summed E-state index contributed by atoms with van der Waals surface area (Å²) in [7, 11) is 1.54. The SMILES string of the molecule is CCOc1cc(/C=C/C(=O)O[C@@H](C)C(=O)Nc2ccc(C)c(F)c2)ccc1OC. The number of carbonyl (C=O) groups excluding carboxylic acids is 2. The zero-order valence-electron chi connectivity index (χ0n) is 16.8. The van der Waals surface area contributed by atoms with Gasteiger partial charge >= 0.3 is 5.97 Å². The summed E-state index contributed by atoms with van der Waals surface area (Å²) < 4.78 is 29.4. The van der Waals surface area contributed by atoms with E-state index in [-0.39, 0.29) is 0 Å². The first-order chi connectivity index (χ1) is 13.8. The molecule has 0 radical (unpaired) electrons. The van der Waals surface area contributed by atoms with Gasteiger partial charge < -0.3 is 19.5 Å². The van der Waals surface area contributed by atoms with Gasteiger partial charge in [-0.15, -0.1) is 0 Å². The van der Waals surface area contributed by atoms with Crippen LogP contribution in [0, 0.1) is 12.7 Å². The maximum atomic E-state index is 13.6. The molecule has 2 aromatic rings. The van der Waals surface area contributed by atoms with Crippen molar-refractivity contribution >= 4 is 23.6 Å². The molecule has 0 spiro atoms. The minimum absolute atomic E-state index is 0.290. The van der Waals surface area contributed by atoms with Crippen molar-refractivity contribution in [1.29, 1.82) is 0 Å². The van der Waals surface area contributed by atoms with Gasteiger partial charge in [0.1, 0.15) is 5.82 Å². The molecule has 0 unspecified atom stereocenters. The van der Waals surface area contributed by atoms with Crippen LogP contribution in [0.25, 0.3) is 6.08 Å². The molecule has 0 aliphatic heterocycles. The van der Waals surface area contributed by atoms with Gasteiger partial charge in [-0.25, -0.2) is 9.18 Å². The molecule has 0 saturated carbocycles. The van der Waals surface area contributed by atoms with Crippen LogP contribution in [-0.4, -0.2) is 31.7 Å². The van der Waals surface area contributed by atoms with Crippen molar-refractivity contribution < 1.29 is 28.2 Å². The first-order valence-corrected chi connectivity index (χ1v) is 9.10. The third kappa shape index (κ3) is 6.34. The van der Waals surface area contributed by atoms with Gasteiger partial charge in [-0.05, 0) is 62.2 Å². The molecule has 7 heteroatoms. The van der Waals surface area contributed by atoms with Crippen molar-refractivity contribution in [2.24, 2.45) is 0 Å². The molecule has 1 amide bonds. The second-order valence-electron chi connectivity index (χ2n) is 6.21. The van der Waals surface area contributed by atoms with Crippen LogP contribution in [0.1, 0.15) is 25.0 Å². The zero-order chi connectivity index (χ0) is 21.4. The molecule has 0 aliphatic carbocycles. The van der Waals surface area contributed by atoms with Crippen molar-refractivity contribution in [2.75, 3.05) is 19.0 Å². The minimum atomic E-state index is -1.05. The van der Waals surface area contributed by atoms with E-state index in [4.69, 9.17) is 14.2 Å². The molecule has 0 saturated heterocycles. The summed E-state index contributed by atoms with van der Waals surface area (Å²) in [4.78, 5) is 24.2. The van der Waals surface area contributed by atoms with Gasteiger partial charge in [0, 0.05) is 11.8 Å². The number of benzene rings is 2. The summed E-state index contributed by atoms with van der Waals surface area (Å²) in [6.07, 6.45) is 1.71. The number of hydrogen-bond acceptors (Lipinski definition) is 5. The van der Waals surface area contributed by atoms with Crippen LogP contribution in [0.15, 0.2) is 42.5 Å². The van der Waals surface area contributed by atoms with Crippen molar-refractivity contribution in [1.82, 2.24) is 0 Å². The first kappa shape index (κ1) is 21.9. The number of ether oxygens (including phenoxy) is 3. The van der Waals surface area contributed by atoms with E-state index < -0.39 is 23.8 Å². The number of halogens is 1. The van der Waals surface area contributed by atoms with Gasteiger partial charge in [-0.1, -0.05) is 12.1 Å². The Balaban J connectivity index is 1.96. The third-order valence-electron chi connectivity index (χ3n) is 4.00. The lowest BCUT2D eigenvalue weighted by molar-refractivity contribution is -0.148. The van der Waals surface area contributed by atoms with E-state index in [1.807, 2.05) is 6.92 Å². The van der Waals surface area contributed by atoms with Gasteiger partial charge in [-0.2, -0.15) is 0 Å². The zero-order valence-corrected chi connectivity index (χ0v) is 16.8. The van der Waals surface area contributed by atoms with Crippen molar-refractivity contribution in [3.05, 3.63) is 59.4 Å². The number of amides is 1. The van der Waals surface area contributed by atoms with Gasteiger partial charge in [0.05, 0.1) is 13.7 Å². The van der Waals surface area contributed by atoms with E-state index in [0.717, 1.165) is 0 Å². The molecule has 0 aromatic heterocycles. The van der Waals surface area contributed by atoms with Gasteiger partial charge in [0.2, 0.25) is 0 Å². The summed E-state index contributed by atoms with van der Waals surface area (Å²) in [6, 6.07) is 9.55. The molecule has 0 fully saturated rings. The molecular weight excluding hydrogens is 377 g/mol. The van der Waals surface area contributed by atoms with Crippen LogP contribution in [0.3, 0.4) is 0 Å². The highest BCUT2D eigenvalue weighted by atomic mass is 19.1. The fraction of sp³-hybridized carbons (Fsp3) is 0.273. The maximum absolute atomic E-state index is 13.6. The van der Waals surface area contributed by atoms with Crippen LogP contribution < -0.4 is 14.8 Å². The number of anilines is 1. The predicted molar refractivity (Wildman–Crippen MR) is 109 cm³/mol. The summed E-state index contributed by atoms with van der Waals surface area (Å²) in [6.45, 7) is 5.39. The lowest BCUT2D eigenvalue weighted by Gasteiger charge is -2.13. The largest absolute Gasteiger partial charge is 0.493 e.